The van der Waals surface area contributed by atoms with Crippen LogP contribution in [-0.2, 0) is 0 Å². The number of hydrazone groups is 1. The van der Waals surface area contributed by atoms with Crippen molar-refractivity contribution < 1.29 is 9.47 Å². The molecule has 0 N–H and O–H groups in total. The first kappa shape index (κ1) is 18.1. The lowest BCUT2D eigenvalue weighted by atomic mass is 9.92. The van der Waals surface area contributed by atoms with Crippen LogP contribution < -0.4 is 14.5 Å². The molecule has 0 aliphatic carbocycles. The molecule has 0 amide bonds. The number of anilines is 1. The molecule has 6 heteroatoms. The zero-order valence-corrected chi connectivity index (χ0v) is 17.5. The maximum absolute atomic E-state index is 5.70. The second-order valence-electron chi connectivity index (χ2n) is 6.16. The van der Waals surface area contributed by atoms with Gasteiger partial charge < -0.3 is 9.47 Å². The summed E-state index contributed by atoms with van der Waals surface area (Å²) in [5.74, 6) is 1.60. The first-order chi connectivity index (χ1) is 13.2. The van der Waals surface area contributed by atoms with Crippen molar-refractivity contribution in [2.45, 2.75) is 5.92 Å². The van der Waals surface area contributed by atoms with Gasteiger partial charge in [-0.2, -0.15) is 5.10 Å². The number of rotatable bonds is 5. The fourth-order valence-corrected chi connectivity index (χ4v) is 4.38. The summed E-state index contributed by atoms with van der Waals surface area (Å²) in [6.07, 6.45) is 0. The van der Waals surface area contributed by atoms with Gasteiger partial charge in [0.05, 0.1) is 43.0 Å². The molecule has 138 valence electrons. The Labute approximate surface area is 171 Å². The minimum Gasteiger partial charge on any atom is -0.493 e. The van der Waals surface area contributed by atoms with Gasteiger partial charge in [-0.05, 0) is 41.8 Å². The number of benzene rings is 2. The number of ether oxygens (including phenoxy) is 2. The van der Waals surface area contributed by atoms with Crippen molar-refractivity contribution in [3.05, 3.63) is 74.9 Å². The van der Waals surface area contributed by atoms with Gasteiger partial charge in [0, 0.05) is 10.0 Å². The normalized spacial score (nSPS) is 16.3. The second-order valence-corrected chi connectivity index (χ2v) is 8.02. The van der Waals surface area contributed by atoms with Gasteiger partial charge in [-0.3, -0.25) is 5.01 Å². The molecule has 3 aromatic rings. The first-order valence-electron chi connectivity index (χ1n) is 8.57. The first-order valence-corrected chi connectivity index (χ1v) is 10.2. The summed E-state index contributed by atoms with van der Waals surface area (Å²) >= 11 is 5.20. The molecule has 0 spiro atoms. The molecule has 0 bridgehead atoms. The van der Waals surface area contributed by atoms with E-state index in [-0.39, 0.29) is 5.92 Å². The fourth-order valence-electron chi connectivity index (χ4n) is 3.35. The lowest BCUT2D eigenvalue weighted by Gasteiger charge is -2.19. The molecule has 1 aromatic heterocycles. The third-order valence-corrected chi connectivity index (χ3v) is 6.04. The molecule has 0 radical (unpaired) electrons. The minimum atomic E-state index is 0.0948. The SMILES string of the molecule is COc1cccc(C2CN(c3ccc(Br)cc3)N=C2c2cccs2)c1OC. The van der Waals surface area contributed by atoms with Crippen molar-refractivity contribution in [2.24, 2.45) is 5.10 Å². The van der Waals surface area contributed by atoms with Crippen LogP contribution >= 0.6 is 27.3 Å². The number of hydrogen-bond acceptors (Lipinski definition) is 5. The Morgan fingerprint density at radius 3 is 2.52 bits per heavy atom. The summed E-state index contributed by atoms with van der Waals surface area (Å²) in [6, 6.07) is 18.4. The van der Waals surface area contributed by atoms with Gasteiger partial charge >= 0.3 is 0 Å². The van der Waals surface area contributed by atoms with E-state index >= 15 is 0 Å². The number of halogens is 1. The molecule has 0 fully saturated rings. The summed E-state index contributed by atoms with van der Waals surface area (Å²) in [6.45, 7) is 0.748. The Morgan fingerprint density at radius 2 is 1.85 bits per heavy atom. The Bertz CT molecular complexity index is 955. The smallest absolute Gasteiger partial charge is 0.164 e. The summed E-state index contributed by atoms with van der Waals surface area (Å²) in [5.41, 5.74) is 3.21. The maximum atomic E-state index is 5.70. The molecule has 4 rings (SSSR count). The second kappa shape index (κ2) is 7.74. The average Bonchev–Trinajstić information content (AvgIpc) is 3.37. The van der Waals surface area contributed by atoms with Gasteiger partial charge in [-0.25, -0.2) is 0 Å². The van der Waals surface area contributed by atoms with Crippen molar-refractivity contribution in [3.63, 3.8) is 0 Å². The van der Waals surface area contributed by atoms with Crippen LogP contribution in [0.4, 0.5) is 5.69 Å². The summed E-state index contributed by atoms with van der Waals surface area (Å²) in [7, 11) is 3.35. The van der Waals surface area contributed by atoms with Crippen LogP contribution in [0.3, 0.4) is 0 Å². The highest BCUT2D eigenvalue weighted by atomic mass is 79.9. The van der Waals surface area contributed by atoms with Crippen molar-refractivity contribution in [3.8, 4) is 11.5 Å². The molecule has 1 atom stereocenters. The van der Waals surface area contributed by atoms with Gasteiger partial charge in [0.15, 0.2) is 11.5 Å². The quantitative estimate of drug-likeness (QED) is 0.520. The summed E-state index contributed by atoms with van der Waals surface area (Å²) < 4.78 is 12.3. The number of para-hydroxylation sites is 1. The molecule has 2 heterocycles. The largest absolute Gasteiger partial charge is 0.493 e. The molecule has 1 aliphatic rings. The van der Waals surface area contributed by atoms with E-state index in [0.29, 0.717) is 0 Å². The van der Waals surface area contributed by atoms with Crippen LogP contribution in [0.25, 0.3) is 0 Å². The van der Waals surface area contributed by atoms with Crippen molar-refractivity contribution >= 4 is 38.7 Å². The van der Waals surface area contributed by atoms with E-state index in [1.54, 1.807) is 25.6 Å². The van der Waals surface area contributed by atoms with Gasteiger partial charge in [0.2, 0.25) is 0 Å². The van der Waals surface area contributed by atoms with Crippen LogP contribution in [0.1, 0.15) is 16.4 Å². The number of hydrogen-bond donors (Lipinski definition) is 0. The Kier molecular flexibility index (Phi) is 5.18. The Balaban J connectivity index is 1.78. The number of methoxy groups -OCH3 is 2. The van der Waals surface area contributed by atoms with E-state index in [1.807, 2.05) is 24.3 Å². The summed E-state index contributed by atoms with van der Waals surface area (Å²) in [4.78, 5) is 1.17. The van der Waals surface area contributed by atoms with Crippen molar-refractivity contribution in [2.75, 3.05) is 25.8 Å². The molecule has 2 aromatic carbocycles. The molecular weight excluding hydrogens is 424 g/mol. The molecule has 4 nitrogen and oxygen atoms in total. The van der Waals surface area contributed by atoms with E-state index in [1.165, 1.54) is 4.88 Å². The van der Waals surface area contributed by atoms with E-state index in [2.05, 4.69) is 56.7 Å². The molecular formula is C21H19BrN2O2S. The monoisotopic (exact) mass is 442 g/mol. The Hall–Kier alpha value is -2.31. The highest BCUT2D eigenvalue weighted by Crippen LogP contribution is 2.41. The average molecular weight is 443 g/mol. The topological polar surface area (TPSA) is 34.1 Å². The number of thiophene rings is 1. The third kappa shape index (κ3) is 3.47. The number of nitrogens with zero attached hydrogens (tertiary/aromatic N) is 2. The third-order valence-electron chi connectivity index (χ3n) is 4.62. The van der Waals surface area contributed by atoms with Crippen LogP contribution in [0, 0.1) is 0 Å². The molecule has 0 saturated carbocycles. The van der Waals surface area contributed by atoms with Gasteiger partial charge in [0.1, 0.15) is 0 Å². The van der Waals surface area contributed by atoms with Crippen LogP contribution in [-0.4, -0.2) is 26.5 Å². The molecule has 0 saturated heterocycles. The lowest BCUT2D eigenvalue weighted by Crippen LogP contribution is -2.18. The standard InChI is InChI=1S/C21H19BrN2O2S/c1-25-18-6-3-5-16(21(18)26-2)17-13-24(15-10-8-14(22)9-11-15)23-20(17)19-7-4-12-27-19/h3-12,17H,13H2,1-2H3. The maximum Gasteiger partial charge on any atom is 0.164 e. The predicted molar refractivity (Wildman–Crippen MR) is 115 cm³/mol. The van der Waals surface area contributed by atoms with Crippen LogP contribution in [0.15, 0.2) is 69.6 Å². The lowest BCUT2D eigenvalue weighted by molar-refractivity contribution is 0.351. The fraction of sp³-hybridized carbons (Fsp3) is 0.190. The zero-order valence-electron chi connectivity index (χ0n) is 15.1. The molecule has 1 unspecified atom stereocenters. The Morgan fingerprint density at radius 1 is 1.04 bits per heavy atom. The highest BCUT2D eigenvalue weighted by Gasteiger charge is 2.33. The minimum absolute atomic E-state index is 0.0948. The summed E-state index contributed by atoms with van der Waals surface area (Å²) in [5, 5.41) is 9.11. The van der Waals surface area contributed by atoms with E-state index in [0.717, 1.165) is 39.5 Å². The highest BCUT2D eigenvalue weighted by molar-refractivity contribution is 9.10. The molecule has 1 aliphatic heterocycles. The van der Waals surface area contributed by atoms with Crippen molar-refractivity contribution in [1.29, 1.82) is 0 Å². The van der Waals surface area contributed by atoms with Crippen LogP contribution in [0.5, 0.6) is 11.5 Å². The van der Waals surface area contributed by atoms with E-state index in [9.17, 15) is 0 Å². The predicted octanol–water partition coefficient (Wildman–Crippen LogP) is 5.54. The van der Waals surface area contributed by atoms with E-state index < -0.39 is 0 Å². The van der Waals surface area contributed by atoms with Crippen molar-refractivity contribution in [1.82, 2.24) is 0 Å². The van der Waals surface area contributed by atoms with Gasteiger partial charge in [-0.1, -0.05) is 34.1 Å². The van der Waals surface area contributed by atoms with E-state index in [4.69, 9.17) is 14.6 Å². The van der Waals surface area contributed by atoms with Gasteiger partial charge in [0.25, 0.3) is 0 Å². The molecule has 27 heavy (non-hydrogen) atoms. The van der Waals surface area contributed by atoms with Crippen LogP contribution in [0.2, 0.25) is 0 Å². The van der Waals surface area contributed by atoms with Gasteiger partial charge in [-0.15, -0.1) is 11.3 Å². The zero-order chi connectivity index (χ0) is 18.8.